The molecule has 0 saturated carbocycles. The number of carbonyl (C=O) groups is 1. The first-order valence-corrected chi connectivity index (χ1v) is 9.71. The van der Waals surface area contributed by atoms with Gasteiger partial charge in [0.15, 0.2) is 0 Å². The number of phenolic OH excluding ortho intramolecular Hbond substituents is 1. The van der Waals surface area contributed by atoms with Gasteiger partial charge in [-0.05, 0) is 23.6 Å². The van der Waals surface area contributed by atoms with Crippen LogP contribution in [-0.2, 0) is 11.3 Å². The Morgan fingerprint density at radius 1 is 1.19 bits per heavy atom. The summed E-state index contributed by atoms with van der Waals surface area (Å²) in [5.41, 5.74) is 0.865. The molecule has 0 unspecified atom stereocenters. The van der Waals surface area contributed by atoms with Crippen LogP contribution >= 0.6 is 11.3 Å². The topological polar surface area (TPSA) is 47.0 Å². The largest absolute Gasteiger partial charge is 0.506 e. The monoisotopic (exact) mass is 371 g/mol. The SMILES string of the molecule is C=CCN(Cc1cccs1)C(=O)CN1CCN(c2ccccc2O)CC1. The highest BCUT2D eigenvalue weighted by Crippen LogP contribution is 2.27. The summed E-state index contributed by atoms with van der Waals surface area (Å²) in [5, 5.41) is 12.0. The fourth-order valence-corrected chi connectivity index (χ4v) is 3.89. The van der Waals surface area contributed by atoms with Gasteiger partial charge in [-0.3, -0.25) is 9.69 Å². The summed E-state index contributed by atoms with van der Waals surface area (Å²) >= 11 is 1.67. The second-order valence-electron chi connectivity index (χ2n) is 6.39. The van der Waals surface area contributed by atoms with E-state index in [1.165, 1.54) is 4.88 Å². The summed E-state index contributed by atoms with van der Waals surface area (Å²) in [5.74, 6) is 0.444. The van der Waals surface area contributed by atoms with Crippen molar-refractivity contribution in [2.24, 2.45) is 0 Å². The molecule has 1 amide bonds. The number of amides is 1. The Balaban J connectivity index is 1.53. The Kier molecular flexibility index (Phi) is 6.30. The van der Waals surface area contributed by atoms with E-state index in [-0.39, 0.29) is 5.91 Å². The van der Waals surface area contributed by atoms with Crippen molar-refractivity contribution in [3.05, 3.63) is 59.3 Å². The van der Waals surface area contributed by atoms with E-state index in [1.54, 1.807) is 23.5 Å². The van der Waals surface area contributed by atoms with E-state index in [4.69, 9.17) is 0 Å². The average molecular weight is 372 g/mol. The molecular weight excluding hydrogens is 346 g/mol. The van der Waals surface area contributed by atoms with Gasteiger partial charge in [0.25, 0.3) is 0 Å². The smallest absolute Gasteiger partial charge is 0.237 e. The molecule has 6 heteroatoms. The second kappa shape index (κ2) is 8.87. The molecule has 2 heterocycles. The second-order valence-corrected chi connectivity index (χ2v) is 7.43. The lowest BCUT2D eigenvalue weighted by atomic mass is 10.2. The Hall–Kier alpha value is -2.31. The maximum absolute atomic E-state index is 12.7. The Bertz CT molecular complexity index is 724. The number of rotatable bonds is 7. The van der Waals surface area contributed by atoms with Crippen LogP contribution < -0.4 is 4.90 Å². The number of anilines is 1. The number of nitrogens with zero attached hydrogens (tertiary/aromatic N) is 3. The molecule has 1 aliphatic heterocycles. The minimum Gasteiger partial charge on any atom is -0.506 e. The number of thiophene rings is 1. The number of hydrogen-bond donors (Lipinski definition) is 1. The Labute approximate surface area is 158 Å². The molecule has 5 nitrogen and oxygen atoms in total. The van der Waals surface area contributed by atoms with Gasteiger partial charge in [0.2, 0.25) is 5.91 Å². The number of piperazine rings is 1. The van der Waals surface area contributed by atoms with Crippen molar-refractivity contribution < 1.29 is 9.90 Å². The van der Waals surface area contributed by atoms with Crippen LogP contribution in [0.25, 0.3) is 0 Å². The molecule has 1 N–H and O–H groups in total. The summed E-state index contributed by atoms with van der Waals surface area (Å²) in [4.78, 5) is 20.1. The minimum atomic E-state index is 0.134. The molecule has 2 aromatic rings. The quantitative estimate of drug-likeness (QED) is 0.761. The van der Waals surface area contributed by atoms with Crippen LogP contribution in [0.2, 0.25) is 0 Å². The molecule has 26 heavy (non-hydrogen) atoms. The fourth-order valence-electron chi connectivity index (χ4n) is 3.17. The standard InChI is InChI=1S/C20H25N3O2S/c1-2-9-23(15-17-6-5-14-26-17)20(25)16-21-10-12-22(13-11-21)18-7-3-4-8-19(18)24/h2-8,14,24H,1,9-13,15-16H2. The van der Waals surface area contributed by atoms with E-state index in [0.717, 1.165) is 31.9 Å². The lowest BCUT2D eigenvalue weighted by Gasteiger charge is -2.36. The van der Waals surface area contributed by atoms with E-state index in [9.17, 15) is 9.90 Å². The molecule has 0 aliphatic carbocycles. The van der Waals surface area contributed by atoms with Crippen molar-refractivity contribution in [3.63, 3.8) is 0 Å². The van der Waals surface area contributed by atoms with Crippen LogP contribution in [0.4, 0.5) is 5.69 Å². The van der Waals surface area contributed by atoms with Gasteiger partial charge in [0, 0.05) is 37.6 Å². The molecule has 0 atom stereocenters. The van der Waals surface area contributed by atoms with Crippen molar-refractivity contribution in [2.45, 2.75) is 6.54 Å². The van der Waals surface area contributed by atoms with Gasteiger partial charge in [-0.1, -0.05) is 24.3 Å². The molecule has 0 spiro atoms. The molecule has 3 rings (SSSR count). The number of aromatic hydroxyl groups is 1. The van der Waals surface area contributed by atoms with Gasteiger partial charge >= 0.3 is 0 Å². The summed E-state index contributed by atoms with van der Waals surface area (Å²) in [6.07, 6.45) is 1.78. The summed E-state index contributed by atoms with van der Waals surface area (Å²) in [6, 6.07) is 11.5. The molecule has 1 aromatic carbocycles. The first-order chi connectivity index (χ1) is 12.7. The van der Waals surface area contributed by atoms with Gasteiger partial charge in [-0.15, -0.1) is 17.9 Å². The molecular formula is C20H25N3O2S. The summed E-state index contributed by atoms with van der Waals surface area (Å²) in [6.45, 7) is 8.62. The van der Waals surface area contributed by atoms with E-state index >= 15 is 0 Å². The van der Waals surface area contributed by atoms with Crippen LogP contribution in [0.15, 0.2) is 54.4 Å². The van der Waals surface area contributed by atoms with Crippen LogP contribution in [0, 0.1) is 0 Å². The fraction of sp³-hybridized carbons (Fsp3) is 0.350. The number of phenols is 1. The lowest BCUT2D eigenvalue weighted by molar-refractivity contribution is -0.132. The number of para-hydroxylation sites is 2. The van der Waals surface area contributed by atoms with E-state index in [0.29, 0.717) is 25.4 Å². The third-order valence-corrected chi connectivity index (χ3v) is 5.44. The highest BCUT2D eigenvalue weighted by Gasteiger charge is 2.22. The highest BCUT2D eigenvalue weighted by atomic mass is 32.1. The zero-order valence-electron chi connectivity index (χ0n) is 14.9. The van der Waals surface area contributed by atoms with E-state index in [1.807, 2.05) is 34.5 Å². The predicted molar refractivity (Wildman–Crippen MR) is 107 cm³/mol. The average Bonchev–Trinajstić information content (AvgIpc) is 3.16. The van der Waals surface area contributed by atoms with E-state index in [2.05, 4.69) is 22.4 Å². The van der Waals surface area contributed by atoms with Crippen LogP contribution in [0.1, 0.15) is 4.88 Å². The number of benzene rings is 1. The maximum atomic E-state index is 12.7. The number of hydrogen-bond acceptors (Lipinski definition) is 5. The van der Waals surface area contributed by atoms with Gasteiger partial charge in [-0.25, -0.2) is 0 Å². The van der Waals surface area contributed by atoms with Gasteiger partial charge in [0.05, 0.1) is 18.8 Å². The first-order valence-electron chi connectivity index (χ1n) is 8.83. The van der Waals surface area contributed by atoms with Crippen LogP contribution in [-0.4, -0.2) is 60.1 Å². The molecule has 1 fully saturated rings. The van der Waals surface area contributed by atoms with Crippen molar-refractivity contribution in [3.8, 4) is 5.75 Å². The molecule has 1 aromatic heterocycles. The zero-order valence-corrected chi connectivity index (χ0v) is 15.7. The van der Waals surface area contributed by atoms with Crippen molar-refractivity contribution in [2.75, 3.05) is 44.2 Å². The highest BCUT2D eigenvalue weighted by molar-refractivity contribution is 7.09. The maximum Gasteiger partial charge on any atom is 0.237 e. The Morgan fingerprint density at radius 2 is 1.96 bits per heavy atom. The summed E-state index contributed by atoms with van der Waals surface area (Å²) in [7, 11) is 0. The zero-order chi connectivity index (χ0) is 18.4. The molecule has 138 valence electrons. The van der Waals surface area contributed by atoms with Crippen molar-refractivity contribution in [1.82, 2.24) is 9.80 Å². The lowest BCUT2D eigenvalue weighted by Crippen LogP contribution is -2.50. The predicted octanol–water partition coefficient (Wildman–Crippen LogP) is 2.79. The van der Waals surface area contributed by atoms with Gasteiger partial charge < -0.3 is 14.9 Å². The minimum absolute atomic E-state index is 0.134. The van der Waals surface area contributed by atoms with Gasteiger partial charge in [0.1, 0.15) is 5.75 Å². The molecule has 1 saturated heterocycles. The number of carbonyl (C=O) groups excluding carboxylic acids is 1. The van der Waals surface area contributed by atoms with Crippen molar-refractivity contribution >= 4 is 22.9 Å². The molecule has 1 aliphatic rings. The van der Waals surface area contributed by atoms with E-state index < -0.39 is 0 Å². The summed E-state index contributed by atoms with van der Waals surface area (Å²) < 4.78 is 0. The van der Waals surface area contributed by atoms with Crippen molar-refractivity contribution in [1.29, 1.82) is 0 Å². The van der Waals surface area contributed by atoms with Gasteiger partial charge in [-0.2, -0.15) is 0 Å². The third-order valence-electron chi connectivity index (χ3n) is 4.58. The first kappa shape index (κ1) is 18.5. The molecule has 0 bridgehead atoms. The Morgan fingerprint density at radius 3 is 2.62 bits per heavy atom. The van der Waals surface area contributed by atoms with Crippen LogP contribution in [0.3, 0.4) is 0 Å². The normalized spacial score (nSPS) is 15.0. The third kappa shape index (κ3) is 4.65. The molecule has 0 radical (unpaired) electrons. The van der Waals surface area contributed by atoms with Crippen LogP contribution in [0.5, 0.6) is 5.75 Å².